The second-order valence-corrected chi connectivity index (χ2v) is 10.5. The SMILES string of the molecule is CNC(=O)[C@@H](C)N(Cc1cccc(Br)c1)C(=O)CCCN(c1ccc(C)cc1)S(C)(=O)=O. The maximum atomic E-state index is 13.1. The van der Waals surface area contributed by atoms with Crippen molar-refractivity contribution < 1.29 is 18.0 Å². The zero-order valence-corrected chi connectivity index (χ0v) is 21.2. The van der Waals surface area contributed by atoms with Crippen LogP contribution >= 0.6 is 15.9 Å². The Morgan fingerprint density at radius 3 is 2.34 bits per heavy atom. The molecule has 0 aromatic heterocycles. The first-order valence-corrected chi connectivity index (χ1v) is 13.0. The zero-order valence-electron chi connectivity index (χ0n) is 18.8. The van der Waals surface area contributed by atoms with Gasteiger partial charge in [-0.05, 0) is 50.1 Å². The summed E-state index contributed by atoms with van der Waals surface area (Å²) in [6.07, 6.45) is 1.60. The van der Waals surface area contributed by atoms with E-state index in [1.54, 1.807) is 19.1 Å². The van der Waals surface area contributed by atoms with Crippen LogP contribution in [-0.2, 0) is 26.2 Å². The highest BCUT2D eigenvalue weighted by Crippen LogP contribution is 2.20. The normalized spacial score (nSPS) is 12.2. The molecular formula is C23H30BrN3O4S. The summed E-state index contributed by atoms with van der Waals surface area (Å²) in [6, 6.07) is 14.1. The Bertz CT molecular complexity index is 1040. The van der Waals surface area contributed by atoms with E-state index in [4.69, 9.17) is 0 Å². The van der Waals surface area contributed by atoms with Crippen molar-refractivity contribution in [2.45, 2.75) is 39.3 Å². The van der Waals surface area contributed by atoms with E-state index in [9.17, 15) is 18.0 Å². The van der Waals surface area contributed by atoms with Gasteiger partial charge in [0.15, 0.2) is 0 Å². The van der Waals surface area contributed by atoms with E-state index in [1.165, 1.54) is 16.3 Å². The smallest absolute Gasteiger partial charge is 0.242 e. The minimum absolute atomic E-state index is 0.118. The van der Waals surface area contributed by atoms with Crippen LogP contribution in [0.1, 0.15) is 30.9 Å². The number of benzene rings is 2. The molecule has 0 radical (unpaired) electrons. The Labute approximate surface area is 199 Å². The van der Waals surface area contributed by atoms with Crippen molar-refractivity contribution in [2.75, 3.05) is 24.2 Å². The molecule has 1 N–H and O–H groups in total. The summed E-state index contributed by atoms with van der Waals surface area (Å²) in [7, 11) is -1.96. The number of amides is 2. The third-order valence-electron chi connectivity index (χ3n) is 5.13. The Hall–Kier alpha value is -2.39. The third kappa shape index (κ3) is 7.34. The van der Waals surface area contributed by atoms with Gasteiger partial charge < -0.3 is 10.2 Å². The molecule has 0 unspecified atom stereocenters. The van der Waals surface area contributed by atoms with E-state index in [-0.39, 0.29) is 31.3 Å². The van der Waals surface area contributed by atoms with Gasteiger partial charge in [0, 0.05) is 31.0 Å². The van der Waals surface area contributed by atoms with Gasteiger partial charge in [-0.2, -0.15) is 0 Å². The van der Waals surface area contributed by atoms with E-state index in [0.29, 0.717) is 12.1 Å². The lowest BCUT2D eigenvalue weighted by Gasteiger charge is -2.29. The predicted molar refractivity (Wildman–Crippen MR) is 131 cm³/mol. The third-order valence-corrected chi connectivity index (χ3v) is 6.82. The number of carbonyl (C=O) groups excluding carboxylic acids is 2. The average Bonchev–Trinajstić information content (AvgIpc) is 2.74. The van der Waals surface area contributed by atoms with Gasteiger partial charge in [0.05, 0.1) is 11.9 Å². The highest BCUT2D eigenvalue weighted by atomic mass is 79.9. The second kappa shape index (κ2) is 11.5. The maximum absolute atomic E-state index is 13.1. The first kappa shape index (κ1) is 25.9. The molecule has 0 aliphatic carbocycles. The summed E-state index contributed by atoms with van der Waals surface area (Å²) in [5.74, 6) is -0.468. The van der Waals surface area contributed by atoms with Crippen LogP contribution in [0.3, 0.4) is 0 Å². The molecule has 32 heavy (non-hydrogen) atoms. The molecule has 2 rings (SSSR count). The molecule has 9 heteroatoms. The molecule has 2 amide bonds. The first-order chi connectivity index (χ1) is 15.0. The number of aryl methyl sites for hydroxylation is 1. The minimum Gasteiger partial charge on any atom is -0.357 e. The van der Waals surface area contributed by atoms with E-state index in [2.05, 4.69) is 21.2 Å². The monoisotopic (exact) mass is 523 g/mol. The Balaban J connectivity index is 2.13. The molecule has 1 atom stereocenters. The Kier molecular flexibility index (Phi) is 9.27. The topological polar surface area (TPSA) is 86.8 Å². The van der Waals surface area contributed by atoms with Crippen LogP contribution in [0.2, 0.25) is 0 Å². The molecule has 0 aliphatic rings. The zero-order chi connectivity index (χ0) is 23.9. The molecule has 0 aliphatic heterocycles. The minimum atomic E-state index is -3.50. The van der Waals surface area contributed by atoms with Crippen LogP contribution in [0.15, 0.2) is 53.0 Å². The summed E-state index contributed by atoms with van der Waals surface area (Å²) in [6.45, 7) is 4.07. The van der Waals surface area contributed by atoms with Crippen molar-refractivity contribution in [1.29, 1.82) is 0 Å². The summed E-state index contributed by atoms with van der Waals surface area (Å²) < 4.78 is 26.8. The highest BCUT2D eigenvalue weighted by Gasteiger charge is 2.26. The van der Waals surface area contributed by atoms with Crippen LogP contribution < -0.4 is 9.62 Å². The predicted octanol–water partition coefficient (Wildman–Crippen LogP) is 3.47. The van der Waals surface area contributed by atoms with Crippen LogP contribution in [0.25, 0.3) is 0 Å². The molecule has 0 bridgehead atoms. The lowest BCUT2D eigenvalue weighted by Crippen LogP contribution is -2.46. The molecule has 7 nitrogen and oxygen atoms in total. The fraction of sp³-hybridized carbons (Fsp3) is 0.391. The van der Waals surface area contributed by atoms with Gasteiger partial charge in [-0.15, -0.1) is 0 Å². The van der Waals surface area contributed by atoms with Crippen molar-refractivity contribution in [3.8, 4) is 0 Å². The highest BCUT2D eigenvalue weighted by molar-refractivity contribution is 9.10. The summed E-state index contributed by atoms with van der Waals surface area (Å²) in [5, 5.41) is 2.59. The molecule has 0 saturated heterocycles. The molecular weight excluding hydrogens is 494 g/mol. The fourth-order valence-electron chi connectivity index (χ4n) is 3.34. The van der Waals surface area contributed by atoms with Gasteiger partial charge >= 0.3 is 0 Å². The number of carbonyl (C=O) groups is 2. The number of halogens is 1. The van der Waals surface area contributed by atoms with E-state index in [0.717, 1.165) is 21.9 Å². The number of nitrogens with zero attached hydrogens (tertiary/aromatic N) is 2. The van der Waals surface area contributed by atoms with Crippen LogP contribution in [0, 0.1) is 6.92 Å². The van der Waals surface area contributed by atoms with Crippen LogP contribution in [0.4, 0.5) is 5.69 Å². The van der Waals surface area contributed by atoms with Crippen LogP contribution in [-0.4, -0.2) is 51.0 Å². The number of anilines is 1. The van der Waals surface area contributed by atoms with Crippen molar-refractivity contribution in [1.82, 2.24) is 10.2 Å². The summed E-state index contributed by atoms with van der Waals surface area (Å²) in [4.78, 5) is 26.8. The number of nitrogens with one attached hydrogen (secondary N) is 1. The number of sulfonamides is 1. The Morgan fingerprint density at radius 2 is 1.78 bits per heavy atom. The maximum Gasteiger partial charge on any atom is 0.242 e. The molecule has 0 fully saturated rings. The van der Waals surface area contributed by atoms with E-state index in [1.807, 2.05) is 43.3 Å². The molecule has 0 spiro atoms. The quantitative estimate of drug-likeness (QED) is 0.516. The van der Waals surface area contributed by atoms with E-state index < -0.39 is 16.1 Å². The number of hydrogen-bond acceptors (Lipinski definition) is 4. The standard InChI is InChI=1S/C23H30BrN3O4S/c1-17-10-12-21(13-11-17)27(32(4,30)31)14-6-9-22(28)26(18(2)23(29)25-3)16-19-7-5-8-20(24)15-19/h5,7-8,10-13,15,18H,6,9,14,16H2,1-4H3,(H,25,29)/t18-/m1/s1. The average molecular weight is 524 g/mol. The lowest BCUT2D eigenvalue weighted by molar-refractivity contribution is -0.140. The van der Waals surface area contributed by atoms with Crippen LogP contribution in [0.5, 0.6) is 0 Å². The second-order valence-electron chi connectivity index (χ2n) is 7.72. The number of hydrogen-bond donors (Lipinski definition) is 1. The molecule has 174 valence electrons. The van der Waals surface area contributed by atoms with Gasteiger partial charge in [-0.25, -0.2) is 8.42 Å². The number of likely N-dealkylation sites (N-methyl/N-ethyl adjacent to an activating group) is 1. The van der Waals surface area contributed by atoms with E-state index >= 15 is 0 Å². The van der Waals surface area contributed by atoms with Crippen molar-refractivity contribution >= 4 is 43.5 Å². The number of rotatable bonds is 10. The molecule has 2 aromatic carbocycles. The molecule has 0 saturated carbocycles. The fourth-order valence-corrected chi connectivity index (χ4v) is 4.75. The van der Waals surface area contributed by atoms with Gasteiger partial charge in [-0.3, -0.25) is 13.9 Å². The molecule has 2 aromatic rings. The van der Waals surface area contributed by atoms with Crippen molar-refractivity contribution in [3.63, 3.8) is 0 Å². The Morgan fingerprint density at radius 1 is 1.12 bits per heavy atom. The van der Waals surface area contributed by atoms with Gasteiger partial charge in [0.25, 0.3) is 0 Å². The van der Waals surface area contributed by atoms with Gasteiger partial charge in [0.1, 0.15) is 6.04 Å². The van der Waals surface area contributed by atoms with Gasteiger partial charge in [-0.1, -0.05) is 45.8 Å². The lowest BCUT2D eigenvalue weighted by atomic mass is 10.1. The van der Waals surface area contributed by atoms with Crippen molar-refractivity contribution in [3.05, 3.63) is 64.1 Å². The van der Waals surface area contributed by atoms with Gasteiger partial charge in [0.2, 0.25) is 21.8 Å². The largest absolute Gasteiger partial charge is 0.357 e. The van der Waals surface area contributed by atoms with Crippen molar-refractivity contribution in [2.24, 2.45) is 0 Å². The summed E-state index contributed by atoms with van der Waals surface area (Å²) >= 11 is 3.43. The summed E-state index contributed by atoms with van der Waals surface area (Å²) in [5.41, 5.74) is 2.49. The first-order valence-electron chi connectivity index (χ1n) is 10.3. The molecule has 0 heterocycles.